The van der Waals surface area contributed by atoms with Crippen LogP contribution < -0.4 is 0 Å². The fourth-order valence-corrected chi connectivity index (χ4v) is 8.26. The van der Waals surface area contributed by atoms with E-state index in [0.29, 0.717) is 34.5 Å². The zero-order valence-electron chi connectivity index (χ0n) is 28.0. The Morgan fingerprint density at radius 1 is 0.608 bits per heavy atom. The van der Waals surface area contributed by atoms with E-state index in [2.05, 4.69) is 29.5 Å². The molecular weight excluding hydrogens is 736 g/mol. The summed E-state index contributed by atoms with van der Waals surface area (Å²) in [6.07, 6.45) is 11.8. The number of ketones is 1. The number of benzene rings is 2. The first-order valence-corrected chi connectivity index (χ1v) is 19.3. The van der Waals surface area contributed by atoms with Crippen molar-refractivity contribution < 1.29 is 13.6 Å². The van der Waals surface area contributed by atoms with Gasteiger partial charge in [-0.3, -0.25) is 4.79 Å². The lowest BCUT2D eigenvalue weighted by Crippen LogP contribution is -2.51. The molecule has 8 rings (SSSR count). The van der Waals surface area contributed by atoms with Gasteiger partial charge in [-0.05, 0) is 61.1 Å². The third-order valence-electron chi connectivity index (χ3n) is 10.5. The Kier molecular flexibility index (Phi) is 13.2. The molecule has 2 aliphatic heterocycles. The Hall–Kier alpha value is -2.59. The van der Waals surface area contributed by atoms with Crippen molar-refractivity contribution in [1.82, 2.24) is 29.5 Å². The van der Waals surface area contributed by atoms with Gasteiger partial charge < -0.3 is 9.13 Å². The standard InChI is InChI=1S/C18H20ClF2N3.C18H20ClN3O.CH2Cl2.CH4/c19-14-8-6-13(7-9-14)17(11-18(20,21)12-17)16-23-22-15-5-3-1-2-4-10-24(15)16;19-14-8-6-13(7-9-14)18(11-15(23)12-18)17-21-20-16-5-3-1-2-4-10-22(16)17;2-1-3;/h6-9H,1-5,10-12H2;6-9H,1-5,10-12H2;1H2;1H4. The largest absolute Gasteiger partial charge is 0.314 e. The van der Waals surface area contributed by atoms with Crippen molar-refractivity contribution in [2.24, 2.45) is 0 Å². The van der Waals surface area contributed by atoms with Crippen molar-refractivity contribution in [3.63, 3.8) is 0 Å². The minimum atomic E-state index is -2.65. The molecule has 13 heteroatoms. The van der Waals surface area contributed by atoms with Crippen molar-refractivity contribution in [3.8, 4) is 0 Å². The Morgan fingerprint density at radius 3 is 1.41 bits per heavy atom. The highest BCUT2D eigenvalue weighted by Gasteiger charge is 2.60. The summed E-state index contributed by atoms with van der Waals surface area (Å²) in [6.45, 7) is 1.78. The molecule has 51 heavy (non-hydrogen) atoms. The number of rotatable bonds is 4. The van der Waals surface area contributed by atoms with Crippen LogP contribution in [-0.4, -0.2) is 46.6 Å². The number of alkyl halides is 4. The number of hydrogen-bond donors (Lipinski definition) is 0. The fourth-order valence-electron chi connectivity index (χ4n) is 8.00. The molecule has 4 aliphatic rings. The topological polar surface area (TPSA) is 78.5 Å². The van der Waals surface area contributed by atoms with E-state index in [0.717, 1.165) is 73.8 Å². The molecule has 7 nitrogen and oxygen atoms in total. The first kappa shape index (κ1) is 39.6. The molecule has 2 aromatic heterocycles. The summed E-state index contributed by atoms with van der Waals surface area (Å²) in [6, 6.07) is 15.1. The quantitative estimate of drug-likeness (QED) is 0.193. The molecule has 0 amide bonds. The third-order valence-corrected chi connectivity index (χ3v) is 11.0. The molecule has 2 saturated carbocycles. The van der Waals surface area contributed by atoms with Crippen LogP contribution in [0, 0.1) is 0 Å². The summed E-state index contributed by atoms with van der Waals surface area (Å²) in [7, 11) is 0. The molecule has 2 aliphatic carbocycles. The molecule has 0 spiro atoms. The maximum absolute atomic E-state index is 13.9. The number of Topliss-reactive ketones (excluding diaryl/α,β-unsaturated/α-hetero) is 1. The van der Waals surface area contributed by atoms with Crippen LogP contribution in [0.3, 0.4) is 0 Å². The van der Waals surface area contributed by atoms with Gasteiger partial charge in [-0.1, -0.05) is 80.6 Å². The number of carbonyl (C=O) groups excluding carboxylic acids is 1. The maximum Gasteiger partial charge on any atom is 0.250 e. The number of carbonyl (C=O) groups is 1. The van der Waals surface area contributed by atoms with E-state index in [1.54, 1.807) is 12.1 Å². The van der Waals surface area contributed by atoms with Crippen molar-refractivity contribution in [1.29, 1.82) is 0 Å². The number of aryl methyl sites for hydroxylation is 2. The normalized spacial score (nSPS) is 19.9. The molecule has 2 fully saturated rings. The van der Waals surface area contributed by atoms with Gasteiger partial charge in [0.05, 0.1) is 16.2 Å². The minimum absolute atomic E-state index is 0. The van der Waals surface area contributed by atoms with Gasteiger partial charge in [0.2, 0.25) is 0 Å². The molecule has 276 valence electrons. The SMILES string of the molecule is C.ClCCl.FC1(F)CC(c2ccc(Cl)cc2)(c2nnc3n2CCCCCC3)C1.O=C1CC(c2ccc(Cl)cc2)(c2nnc3n2CCCCCC3)C1. The number of hydrogen-bond acceptors (Lipinski definition) is 5. The molecule has 4 heterocycles. The zero-order valence-corrected chi connectivity index (χ0v) is 31.0. The average molecular weight is 783 g/mol. The second-order valence-corrected chi connectivity index (χ2v) is 15.6. The van der Waals surface area contributed by atoms with Crippen molar-refractivity contribution in [2.75, 3.05) is 5.34 Å². The van der Waals surface area contributed by atoms with Gasteiger partial charge >= 0.3 is 0 Å². The number of aromatic nitrogens is 6. The van der Waals surface area contributed by atoms with Crippen LogP contribution >= 0.6 is 46.4 Å². The van der Waals surface area contributed by atoms with Gasteiger partial charge in [0.15, 0.2) is 0 Å². The van der Waals surface area contributed by atoms with Crippen LogP contribution in [0.25, 0.3) is 0 Å². The third kappa shape index (κ3) is 8.47. The molecule has 2 aromatic carbocycles. The van der Waals surface area contributed by atoms with Gasteiger partial charge in [-0.25, -0.2) is 8.78 Å². The van der Waals surface area contributed by atoms with E-state index in [-0.39, 0.29) is 31.0 Å². The van der Waals surface area contributed by atoms with Gasteiger partial charge in [-0.15, -0.1) is 43.6 Å². The maximum atomic E-state index is 13.9. The van der Waals surface area contributed by atoms with E-state index < -0.39 is 11.3 Å². The van der Waals surface area contributed by atoms with Crippen LogP contribution in [0.2, 0.25) is 10.0 Å². The van der Waals surface area contributed by atoms with Gasteiger partial charge in [-0.2, -0.15) is 0 Å². The van der Waals surface area contributed by atoms with Gasteiger partial charge in [0.25, 0.3) is 5.92 Å². The monoisotopic (exact) mass is 780 g/mol. The summed E-state index contributed by atoms with van der Waals surface area (Å²) in [5.41, 5.74) is 0.916. The molecule has 0 unspecified atom stereocenters. The lowest BCUT2D eigenvalue weighted by Gasteiger charge is -2.47. The predicted molar refractivity (Wildman–Crippen MR) is 201 cm³/mol. The van der Waals surface area contributed by atoms with Crippen LogP contribution in [0.1, 0.15) is 119 Å². The predicted octanol–water partition coefficient (Wildman–Crippen LogP) is 10.5. The zero-order chi connectivity index (χ0) is 35.4. The van der Waals surface area contributed by atoms with E-state index in [1.807, 2.05) is 36.4 Å². The lowest BCUT2D eigenvalue weighted by atomic mass is 9.61. The lowest BCUT2D eigenvalue weighted by molar-refractivity contribution is -0.127. The van der Waals surface area contributed by atoms with E-state index in [9.17, 15) is 13.6 Å². The average Bonchev–Trinajstić information content (AvgIpc) is 3.62. The highest BCUT2D eigenvalue weighted by Crippen LogP contribution is 2.57. The second-order valence-electron chi connectivity index (χ2n) is 13.9. The Bertz CT molecular complexity index is 1740. The summed E-state index contributed by atoms with van der Waals surface area (Å²) < 4.78 is 32.1. The minimum Gasteiger partial charge on any atom is -0.314 e. The van der Waals surface area contributed by atoms with E-state index in [4.69, 9.17) is 46.4 Å². The smallest absolute Gasteiger partial charge is 0.250 e. The molecule has 0 N–H and O–H groups in total. The fraction of sp³-hybridized carbons (Fsp3) is 0.553. The van der Waals surface area contributed by atoms with Crippen LogP contribution in [0.4, 0.5) is 8.78 Å². The summed E-state index contributed by atoms with van der Waals surface area (Å²) in [5, 5.41) is 19.2. The molecule has 0 bridgehead atoms. The number of fused-ring (bicyclic) bond motifs is 2. The molecule has 4 aromatic rings. The number of halogens is 6. The summed E-state index contributed by atoms with van der Waals surface area (Å²) in [5.74, 6) is 1.33. The molecular formula is C38H46Cl4F2N6O. The molecule has 0 radical (unpaired) electrons. The highest BCUT2D eigenvalue weighted by atomic mass is 35.5. The number of nitrogens with zero attached hydrogens (tertiary/aromatic N) is 6. The first-order valence-electron chi connectivity index (χ1n) is 17.5. The van der Waals surface area contributed by atoms with Crippen molar-refractivity contribution >= 4 is 52.2 Å². The molecule has 0 saturated heterocycles. The summed E-state index contributed by atoms with van der Waals surface area (Å²) in [4.78, 5) is 11.9. The Labute approximate surface area is 319 Å². The highest BCUT2D eigenvalue weighted by molar-refractivity contribution is 6.40. The van der Waals surface area contributed by atoms with Crippen LogP contribution in [-0.2, 0) is 41.6 Å². The van der Waals surface area contributed by atoms with Gasteiger partial charge in [0, 0.05) is 61.7 Å². The van der Waals surface area contributed by atoms with Crippen LogP contribution in [0.5, 0.6) is 0 Å². The molecule has 0 atom stereocenters. The van der Waals surface area contributed by atoms with Gasteiger partial charge in [0.1, 0.15) is 29.1 Å². The summed E-state index contributed by atoms with van der Waals surface area (Å²) >= 11 is 21.5. The van der Waals surface area contributed by atoms with Crippen molar-refractivity contribution in [3.05, 3.63) is 93.0 Å². The Morgan fingerprint density at radius 2 is 1.00 bits per heavy atom. The van der Waals surface area contributed by atoms with Crippen molar-refractivity contribution in [2.45, 2.75) is 127 Å². The van der Waals surface area contributed by atoms with E-state index in [1.165, 1.54) is 32.1 Å². The van der Waals surface area contributed by atoms with Crippen LogP contribution in [0.15, 0.2) is 48.5 Å². The van der Waals surface area contributed by atoms with E-state index >= 15 is 0 Å². The first-order chi connectivity index (χ1) is 24.1. The second kappa shape index (κ2) is 17.0. The Balaban J connectivity index is 0.000000181.